The van der Waals surface area contributed by atoms with Crippen LogP contribution in [0.1, 0.15) is 21.5 Å². The molecule has 3 aromatic carbocycles. The molecule has 1 heterocycles. The first kappa shape index (κ1) is 22.1. The molecule has 0 unspecified atom stereocenters. The van der Waals surface area contributed by atoms with Crippen LogP contribution in [0.15, 0.2) is 60.4 Å². The molecule has 1 aliphatic heterocycles. The van der Waals surface area contributed by atoms with Crippen LogP contribution >= 0.6 is 0 Å². The molecule has 0 atom stereocenters. The maximum absolute atomic E-state index is 12.9. The number of ether oxygens (including phenoxy) is 6. The van der Waals surface area contributed by atoms with E-state index in [9.17, 15) is 4.79 Å². The Morgan fingerprint density at radius 2 is 1.64 bits per heavy atom. The van der Waals surface area contributed by atoms with Gasteiger partial charge in [0.2, 0.25) is 11.5 Å². The molecule has 4 rings (SSSR count). The third-order valence-electron chi connectivity index (χ3n) is 5.20. The van der Waals surface area contributed by atoms with E-state index in [0.29, 0.717) is 46.5 Å². The van der Waals surface area contributed by atoms with E-state index in [1.165, 1.54) is 14.2 Å². The molecule has 1 aliphatic rings. The molecule has 33 heavy (non-hydrogen) atoms. The minimum atomic E-state index is -0.221. The largest absolute Gasteiger partial charge is 0.497 e. The molecule has 0 saturated heterocycles. The van der Waals surface area contributed by atoms with Crippen molar-refractivity contribution in [2.75, 3.05) is 28.4 Å². The number of allylic oxidation sites excluding steroid dienone is 1. The second kappa shape index (κ2) is 9.56. The van der Waals surface area contributed by atoms with Gasteiger partial charge in [0.05, 0.1) is 34.0 Å². The molecule has 0 bridgehead atoms. The normalized spacial score (nSPS) is 13.3. The second-order valence-corrected chi connectivity index (χ2v) is 7.16. The minimum Gasteiger partial charge on any atom is -0.497 e. The zero-order valence-electron chi connectivity index (χ0n) is 18.8. The molecule has 7 heteroatoms. The predicted octanol–water partition coefficient (Wildman–Crippen LogP) is 4.92. The number of ketones is 1. The van der Waals surface area contributed by atoms with Crippen LogP contribution in [-0.4, -0.2) is 34.2 Å². The summed E-state index contributed by atoms with van der Waals surface area (Å²) >= 11 is 0. The maximum Gasteiger partial charge on any atom is 0.231 e. The summed E-state index contributed by atoms with van der Waals surface area (Å²) in [7, 11) is 6.22. The quantitative estimate of drug-likeness (QED) is 0.453. The summed E-state index contributed by atoms with van der Waals surface area (Å²) in [5.74, 6) is 3.16. The molecule has 0 amide bonds. The van der Waals surface area contributed by atoms with Gasteiger partial charge in [0, 0.05) is 11.6 Å². The van der Waals surface area contributed by atoms with E-state index >= 15 is 0 Å². The molecular weight excluding hydrogens is 424 g/mol. The summed E-state index contributed by atoms with van der Waals surface area (Å²) in [6.07, 6.45) is 1.62. The Kier molecular flexibility index (Phi) is 6.40. The highest BCUT2D eigenvalue weighted by atomic mass is 16.5. The van der Waals surface area contributed by atoms with E-state index in [1.54, 1.807) is 50.6 Å². The molecule has 0 fully saturated rings. The van der Waals surface area contributed by atoms with E-state index in [-0.39, 0.29) is 11.5 Å². The summed E-state index contributed by atoms with van der Waals surface area (Å²) in [4.78, 5) is 12.9. The summed E-state index contributed by atoms with van der Waals surface area (Å²) < 4.78 is 33.2. The Morgan fingerprint density at radius 3 is 2.36 bits per heavy atom. The molecule has 0 aliphatic carbocycles. The van der Waals surface area contributed by atoms with Crippen molar-refractivity contribution in [2.24, 2.45) is 0 Å². The van der Waals surface area contributed by atoms with Crippen LogP contribution in [0.4, 0.5) is 0 Å². The van der Waals surface area contributed by atoms with Crippen molar-refractivity contribution in [3.8, 4) is 34.5 Å². The van der Waals surface area contributed by atoms with Gasteiger partial charge in [-0.05, 0) is 48.0 Å². The monoisotopic (exact) mass is 448 g/mol. The highest BCUT2D eigenvalue weighted by Crippen LogP contribution is 2.42. The van der Waals surface area contributed by atoms with Crippen LogP contribution < -0.4 is 28.4 Å². The van der Waals surface area contributed by atoms with Gasteiger partial charge in [0.25, 0.3) is 0 Å². The van der Waals surface area contributed by atoms with Gasteiger partial charge in [0.1, 0.15) is 23.9 Å². The van der Waals surface area contributed by atoms with Gasteiger partial charge in [0.15, 0.2) is 17.3 Å². The first-order chi connectivity index (χ1) is 16.1. The molecule has 0 radical (unpaired) electrons. The summed E-state index contributed by atoms with van der Waals surface area (Å²) in [5.41, 5.74) is 2.06. The lowest BCUT2D eigenvalue weighted by atomic mass is 10.1. The number of rotatable bonds is 8. The lowest BCUT2D eigenvalue weighted by Crippen LogP contribution is -2.00. The van der Waals surface area contributed by atoms with Gasteiger partial charge < -0.3 is 28.4 Å². The molecule has 0 spiro atoms. The van der Waals surface area contributed by atoms with Crippen LogP contribution in [-0.2, 0) is 6.61 Å². The standard InChI is InChI=1S/C26H24O7/c1-28-18-7-5-6-16(12-18)15-32-19-9-10-20-22(14-19)33-23(24(20)27)13-17-8-11-21(29-2)26(31-4)25(17)30-3/h5-14H,15H2,1-4H3. The van der Waals surface area contributed by atoms with E-state index in [4.69, 9.17) is 28.4 Å². The molecule has 0 N–H and O–H groups in total. The number of hydrogen-bond acceptors (Lipinski definition) is 7. The third kappa shape index (κ3) is 4.43. The fourth-order valence-electron chi connectivity index (χ4n) is 3.57. The first-order valence-electron chi connectivity index (χ1n) is 10.2. The first-order valence-corrected chi connectivity index (χ1v) is 10.2. The second-order valence-electron chi connectivity index (χ2n) is 7.16. The van der Waals surface area contributed by atoms with Gasteiger partial charge in [-0.25, -0.2) is 0 Å². The Bertz CT molecular complexity index is 1210. The zero-order valence-corrected chi connectivity index (χ0v) is 18.8. The van der Waals surface area contributed by atoms with Crippen LogP contribution in [0.2, 0.25) is 0 Å². The highest BCUT2D eigenvalue weighted by Gasteiger charge is 2.28. The van der Waals surface area contributed by atoms with Crippen LogP contribution in [0.3, 0.4) is 0 Å². The number of carbonyl (C=O) groups is 1. The average molecular weight is 448 g/mol. The zero-order chi connectivity index (χ0) is 23.4. The number of benzene rings is 3. The number of carbonyl (C=O) groups excluding carboxylic acids is 1. The smallest absolute Gasteiger partial charge is 0.231 e. The molecule has 0 aromatic heterocycles. The number of fused-ring (bicyclic) bond motifs is 1. The Balaban J connectivity index is 1.56. The molecular formula is C26H24O7. The summed E-state index contributed by atoms with van der Waals surface area (Å²) in [6.45, 7) is 0.357. The summed E-state index contributed by atoms with van der Waals surface area (Å²) in [5, 5.41) is 0. The number of methoxy groups -OCH3 is 4. The van der Waals surface area contributed by atoms with Crippen molar-refractivity contribution in [2.45, 2.75) is 6.61 Å². The van der Waals surface area contributed by atoms with Crippen LogP contribution in [0, 0.1) is 0 Å². The molecule has 3 aromatic rings. The molecule has 7 nitrogen and oxygen atoms in total. The van der Waals surface area contributed by atoms with Gasteiger partial charge in [-0.3, -0.25) is 4.79 Å². The van der Waals surface area contributed by atoms with E-state index < -0.39 is 0 Å². The lowest BCUT2D eigenvalue weighted by Gasteiger charge is -2.14. The molecule has 0 saturated carbocycles. The van der Waals surface area contributed by atoms with Gasteiger partial charge in [-0.1, -0.05) is 12.1 Å². The van der Waals surface area contributed by atoms with E-state index in [1.807, 2.05) is 24.3 Å². The number of hydrogen-bond donors (Lipinski definition) is 0. The van der Waals surface area contributed by atoms with Crippen molar-refractivity contribution >= 4 is 11.9 Å². The number of Topliss-reactive ketones (excluding diaryl/α,β-unsaturated/α-hetero) is 1. The fraction of sp³-hybridized carbons (Fsp3) is 0.192. The molecule has 170 valence electrons. The van der Waals surface area contributed by atoms with Gasteiger partial charge >= 0.3 is 0 Å². The summed E-state index contributed by atoms with van der Waals surface area (Å²) in [6, 6.07) is 16.3. The Hall–Kier alpha value is -4.13. The topological polar surface area (TPSA) is 72.5 Å². The predicted molar refractivity (Wildman–Crippen MR) is 123 cm³/mol. The van der Waals surface area contributed by atoms with Crippen LogP contribution in [0.5, 0.6) is 34.5 Å². The van der Waals surface area contributed by atoms with Gasteiger partial charge in [-0.2, -0.15) is 0 Å². The average Bonchev–Trinajstić information content (AvgIpc) is 3.16. The van der Waals surface area contributed by atoms with Crippen molar-refractivity contribution in [3.63, 3.8) is 0 Å². The minimum absolute atomic E-state index is 0.181. The maximum atomic E-state index is 12.9. The van der Waals surface area contributed by atoms with Crippen molar-refractivity contribution < 1.29 is 33.2 Å². The fourth-order valence-corrected chi connectivity index (χ4v) is 3.57. The third-order valence-corrected chi connectivity index (χ3v) is 5.20. The Morgan fingerprint density at radius 1 is 0.818 bits per heavy atom. The van der Waals surface area contributed by atoms with Crippen molar-refractivity contribution in [1.82, 2.24) is 0 Å². The van der Waals surface area contributed by atoms with Crippen LogP contribution in [0.25, 0.3) is 6.08 Å². The lowest BCUT2D eigenvalue weighted by molar-refractivity contribution is 0.101. The van der Waals surface area contributed by atoms with E-state index in [0.717, 1.165) is 11.3 Å². The van der Waals surface area contributed by atoms with E-state index in [2.05, 4.69) is 0 Å². The van der Waals surface area contributed by atoms with Crippen molar-refractivity contribution in [1.29, 1.82) is 0 Å². The van der Waals surface area contributed by atoms with Crippen molar-refractivity contribution in [3.05, 3.63) is 77.0 Å². The SMILES string of the molecule is COc1cccc(COc2ccc3c(c2)OC(=Cc2ccc(OC)c(OC)c2OC)C3=O)c1. The Labute approximate surface area is 192 Å². The highest BCUT2D eigenvalue weighted by molar-refractivity contribution is 6.14. The van der Waals surface area contributed by atoms with Gasteiger partial charge in [-0.15, -0.1) is 0 Å².